The van der Waals surface area contributed by atoms with Gasteiger partial charge in [0.1, 0.15) is 23.5 Å². The fourth-order valence-corrected chi connectivity index (χ4v) is 3.88. The molecule has 6 nitrogen and oxygen atoms in total. The van der Waals surface area contributed by atoms with Crippen LogP contribution >= 0.6 is 0 Å². The molecule has 0 saturated carbocycles. The summed E-state index contributed by atoms with van der Waals surface area (Å²) in [7, 11) is 0. The molecule has 2 aromatic rings. The van der Waals surface area contributed by atoms with E-state index in [0.29, 0.717) is 19.4 Å². The number of carbonyl (C=O) groups is 2. The van der Waals surface area contributed by atoms with Crippen molar-refractivity contribution in [2.45, 2.75) is 77.2 Å². The minimum absolute atomic E-state index is 0.0550. The fourth-order valence-electron chi connectivity index (χ4n) is 3.88. The van der Waals surface area contributed by atoms with Gasteiger partial charge in [-0.3, -0.25) is 9.59 Å². The van der Waals surface area contributed by atoms with Crippen LogP contribution in [0.3, 0.4) is 0 Å². The van der Waals surface area contributed by atoms with Gasteiger partial charge in [-0.15, -0.1) is 0 Å². The molecule has 2 rings (SSSR count). The molecule has 0 amide bonds. The van der Waals surface area contributed by atoms with E-state index in [1.165, 1.54) is 0 Å². The lowest BCUT2D eigenvalue weighted by molar-refractivity contribution is -0.129. The van der Waals surface area contributed by atoms with Crippen LogP contribution in [0.5, 0.6) is 0 Å². The molecule has 198 valence electrons. The first-order valence-electron chi connectivity index (χ1n) is 12.3. The van der Waals surface area contributed by atoms with Crippen molar-refractivity contribution < 1.29 is 28.2 Å². The van der Waals surface area contributed by atoms with Crippen LogP contribution in [-0.4, -0.2) is 41.5 Å². The van der Waals surface area contributed by atoms with E-state index < -0.39 is 29.8 Å². The molecule has 0 radical (unpaired) electrons. The molecule has 36 heavy (non-hydrogen) atoms. The number of hydrogen-bond donors (Lipinski definition) is 3. The molecule has 0 aliphatic carbocycles. The standard InChI is InChI=1S/C28H38F2N2O4/c1-28(2,12-10-23(33)16-22(31)15-20-14-21(29)8-9-24(20)30)13-11-26(34)27(35)25(32)18-36-17-19-6-4-3-5-7-19/h3-9,14,22,25,27,35H,10-13,15-18,31-32H2,1-2H3/t22?,25-,27+/m1/s1. The highest BCUT2D eigenvalue weighted by molar-refractivity contribution is 5.83. The number of Topliss-reactive ketones (excluding diaryl/α,β-unsaturated/α-hetero) is 2. The van der Waals surface area contributed by atoms with E-state index in [-0.39, 0.29) is 54.8 Å². The average molecular weight is 505 g/mol. The van der Waals surface area contributed by atoms with Crippen LogP contribution in [0, 0.1) is 17.0 Å². The molecule has 1 unspecified atom stereocenters. The summed E-state index contributed by atoms with van der Waals surface area (Å²) in [5.41, 5.74) is 12.7. The van der Waals surface area contributed by atoms with E-state index in [2.05, 4.69) is 0 Å². The predicted octanol–water partition coefficient (Wildman–Crippen LogP) is 3.85. The second kappa shape index (κ2) is 14.3. The summed E-state index contributed by atoms with van der Waals surface area (Å²) in [5, 5.41) is 10.3. The first-order chi connectivity index (χ1) is 17.0. The van der Waals surface area contributed by atoms with Crippen LogP contribution < -0.4 is 11.5 Å². The second-order valence-corrected chi connectivity index (χ2v) is 10.2. The SMILES string of the molecule is CC(C)(CCC(=O)CC(N)Cc1cc(F)ccc1F)CCC(=O)[C@@H](O)[C@H](N)COCc1ccccc1. The Labute approximate surface area is 212 Å². The molecule has 0 aliphatic rings. The van der Waals surface area contributed by atoms with Gasteiger partial charge >= 0.3 is 0 Å². The summed E-state index contributed by atoms with van der Waals surface area (Å²) in [6, 6.07) is 11.3. The Morgan fingerprint density at radius 3 is 2.39 bits per heavy atom. The van der Waals surface area contributed by atoms with Crippen LogP contribution in [0.4, 0.5) is 8.78 Å². The highest BCUT2D eigenvalue weighted by atomic mass is 19.1. The molecule has 0 fully saturated rings. The van der Waals surface area contributed by atoms with Crippen molar-refractivity contribution in [2.24, 2.45) is 16.9 Å². The molecule has 8 heteroatoms. The van der Waals surface area contributed by atoms with E-state index >= 15 is 0 Å². The molecule has 0 saturated heterocycles. The Kier molecular flexibility index (Phi) is 11.8. The van der Waals surface area contributed by atoms with Gasteiger partial charge in [-0.1, -0.05) is 44.2 Å². The average Bonchev–Trinajstić information content (AvgIpc) is 2.83. The van der Waals surface area contributed by atoms with Crippen molar-refractivity contribution >= 4 is 11.6 Å². The quantitative estimate of drug-likeness (QED) is 0.320. The maximum Gasteiger partial charge on any atom is 0.162 e. The zero-order valence-corrected chi connectivity index (χ0v) is 21.1. The highest BCUT2D eigenvalue weighted by Crippen LogP contribution is 2.29. The summed E-state index contributed by atoms with van der Waals surface area (Å²) in [5.74, 6) is -1.53. The Morgan fingerprint density at radius 1 is 1.03 bits per heavy atom. The Bertz CT molecular complexity index is 985. The molecule has 0 heterocycles. The molecular weight excluding hydrogens is 466 g/mol. The number of aliphatic hydroxyl groups is 1. The van der Waals surface area contributed by atoms with Gasteiger partial charge in [0.05, 0.1) is 19.3 Å². The summed E-state index contributed by atoms with van der Waals surface area (Å²) < 4.78 is 32.6. The van der Waals surface area contributed by atoms with E-state index in [0.717, 1.165) is 23.8 Å². The van der Waals surface area contributed by atoms with Crippen molar-refractivity contribution in [1.82, 2.24) is 0 Å². The third kappa shape index (κ3) is 10.6. The van der Waals surface area contributed by atoms with Crippen LogP contribution in [0.2, 0.25) is 0 Å². The van der Waals surface area contributed by atoms with Crippen molar-refractivity contribution in [3.05, 3.63) is 71.3 Å². The molecule has 5 N–H and O–H groups in total. The third-order valence-electron chi connectivity index (χ3n) is 6.27. The Balaban J connectivity index is 1.69. The summed E-state index contributed by atoms with van der Waals surface area (Å²) >= 11 is 0. The Morgan fingerprint density at radius 2 is 1.69 bits per heavy atom. The molecule has 0 aromatic heterocycles. The number of benzene rings is 2. The maximum absolute atomic E-state index is 13.8. The monoisotopic (exact) mass is 504 g/mol. The van der Waals surface area contributed by atoms with Crippen LogP contribution in [0.25, 0.3) is 0 Å². The predicted molar refractivity (Wildman–Crippen MR) is 135 cm³/mol. The molecule has 0 aliphatic heterocycles. The number of ketones is 2. The van der Waals surface area contributed by atoms with Gasteiger partial charge in [0, 0.05) is 25.3 Å². The van der Waals surface area contributed by atoms with Gasteiger partial charge in [-0.05, 0) is 54.0 Å². The first kappa shape index (κ1) is 29.7. The maximum atomic E-state index is 13.8. The van der Waals surface area contributed by atoms with Crippen molar-refractivity contribution in [3.8, 4) is 0 Å². The van der Waals surface area contributed by atoms with Gasteiger partial charge in [-0.25, -0.2) is 8.78 Å². The zero-order valence-electron chi connectivity index (χ0n) is 21.1. The minimum atomic E-state index is -1.32. The first-order valence-corrected chi connectivity index (χ1v) is 12.3. The summed E-state index contributed by atoms with van der Waals surface area (Å²) in [6.07, 6.45) is 0.210. The molecule has 0 bridgehead atoms. The van der Waals surface area contributed by atoms with Gasteiger partial charge in [-0.2, -0.15) is 0 Å². The van der Waals surface area contributed by atoms with Crippen LogP contribution in [0.15, 0.2) is 48.5 Å². The largest absolute Gasteiger partial charge is 0.384 e. The summed E-state index contributed by atoms with van der Waals surface area (Å²) in [6.45, 7) is 4.30. The molecule has 3 atom stereocenters. The lowest BCUT2D eigenvalue weighted by atomic mass is 9.81. The van der Waals surface area contributed by atoms with E-state index in [1.54, 1.807) is 0 Å². The number of ether oxygens (including phenoxy) is 1. The second-order valence-electron chi connectivity index (χ2n) is 10.2. The minimum Gasteiger partial charge on any atom is -0.384 e. The van der Waals surface area contributed by atoms with Crippen molar-refractivity contribution in [3.63, 3.8) is 0 Å². The number of carbonyl (C=O) groups excluding carboxylic acids is 2. The topological polar surface area (TPSA) is 116 Å². The number of nitrogens with two attached hydrogens (primary N) is 2. The molecule has 0 spiro atoms. The third-order valence-corrected chi connectivity index (χ3v) is 6.27. The summed E-state index contributed by atoms with van der Waals surface area (Å²) in [4.78, 5) is 24.8. The van der Waals surface area contributed by atoms with E-state index in [1.807, 2.05) is 44.2 Å². The smallest absolute Gasteiger partial charge is 0.162 e. The van der Waals surface area contributed by atoms with Crippen molar-refractivity contribution in [1.29, 1.82) is 0 Å². The number of aliphatic hydroxyl groups excluding tert-OH is 1. The Hall–Kier alpha value is -2.52. The zero-order chi connectivity index (χ0) is 26.7. The molecule has 2 aromatic carbocycles. The van der Waals surface area contributed by atoms with Gasteiger partial charge in [0.2, 0.25) is 0 Å². The van der Waals surface area contributed by atoms with E-state index in [4.69, 9.17) is 16.2 Å². The number of hydrogen-bond acceptors (Lipinski definition) is 6. The van der Waals surface area contributed by atoms with Gasteiger partial charge in [0.25, 0.3) is 0 Å². The number of rotatable bonds is 16. The lowest BCUT2D eigenvalue weighted by Crippen LogP contribution is -2.44. The number of halogens is 2. The van der Waals surface area contributed by atoms with Crippen LogP contribution in [-0.2, 0) is 27.4 Å². The highest BCUT2D eigenvalue weighted by Gasteiger charge is 2.27. The lowest BCUT2D eigenvalue weighted by Gasteiger charge is -2.25. The van der Waals surface area contributed by atoms with Gasteiger partial charge < -0.3 is 21.3 Å². The fraction of sp³-hybridized carbons (Fsp3) is 0.500. The van der Waals surface area contributed by atoms with Crippen LogP contribution in [0.1, 0.15) is 57.1 Å². The van der Waals surface area contributed by atoms with Gasteiger partial charge in [0.15, 0.2) is 5.78 Å². The normalized spacial score (nSPS) is 14.3. The van der Waals surface area contributed by atoms with E-state index in [9.17, 15) is 23.5 Å². The molecular formula is C28H38F2N2O4. The van der Waals surface area contributed by atoms with Crippen molar-refractivity contribution in [2.75, 3.05) is 6.61 Å².